The number of rotatable bonds is 6. The van der Waals surface area contributed by atoms with Crippen molar-refractivity contribution in [2.75, 3.05) is 28.7 Å². The SMILES string of the molecule is CCS(=O)(=O)N(CC(=O)Nc1ccc(Br)c(Cl)c1)c1ccc2c(c1)OCO2. The molecule has 10 heteroatoms. The Balaban J connectivity index is 1.83. The van der Waals surface area contributed by atoms with E-state index in [9.17, 15) is 13.2 Å². The molecule has 2 aromatic rings. The molecule has 1 N–H and O–H groups in total. The molecule has 0 unspecified atom stereocenters. The van der Waals surface area contributed by atoms with E-state index in [1.165, 1.54) is 6.92 Å². The van der Waals surface area contributed by atoms with E-state index >= 15 is 0 Å². The minimum atomic E-state index is -3.69. The van der Waals surface area contributed by atoms with E-state index in [0.29, 0.717) is 32.4 Å². The average molecular weight is 476 g/mol. The van der Waals surface area contributed by atoms with E-state index in [4.69, 9.17) is 21.1 Å². The Bertz CT molecular complexity index is 983. The summed E-state index contributed by atoms with van der Waals surface area (Å²) in [5.41, 5.74) is 0.790. The number of benzene rings is 2. The highest BCUT2D eigenvalue weighted by molar-refractivity contribution is 9.10. The Morgan fingerprint density at radius 1 is 1.22 bits per heavy atom. The van der Waals surface area contributed by atoms with Gasteiger partial charge >= 0.3 is 0 Å². The highest BCUT2D eigenvalue weighted by Gasteiger charge is 2.26. The highest BCUT2D eigenvalue weighted by Crippen LogP contribution is 2.36. The molecule has 2 aromatic carbocycles. The Morgan fingerprint density at radius 3 is 2.67 bits per heavy atom. The van der Waals surface area contributed by atoms with E-state index in [2.05, 4.69) is 21.2 Å². The fourth-order valence-corrected chi connectivity index (χ4v) is 3.94. The lowest BCUT2D eigenvalue weighted by Crippen LogP contribution is -2.39. The van der Waals surface area contributed by atoms with Gasteiger partial charge in [-0.3, -0.25) is 9.10 Å². The minimum Gasteiger partial charge on any atom is -0.454 e. The number of anilines is 2. The van der Waals surface area contributed by atoms with Gasteiger partial charge in [0.05, 0.1) is 16.5 Å². The normalized spacial score (nSPS) is 12.7. The molecule has 0 fully saturated rings. The van der Waals surface area contributed by atoms with Gasteiger partial charge in [0.25, 0.3) is 0 Å². The van der Waals surface area contributed by atoms with Crippen molar-refractivity contribution >= 4 is 54.8 Å². The maximum Gasteiger partial charge on any atom is 0.245 e. The zero-order valence-electron chi connectivity index (χ0n) is 14.2. The zero-order chi connectivity index (χ0) is 19.6. The lowest BCUT2D eigenvalue weighted by molar-refractivity contribution is -0.114. The quantitative estimate of drug-likeness (QED) is 0.690. The second-order valence-corrected chi connectivity index (χ2v) is 9.07. The second-order valence-electron chi connectivity index (χ2n) is 5.62. The van der Waals surface area contributed by atoms with Gasteiger partial charge in [0.15, 0.2) is 11.5 Å². The Kier molecular flexibility index (Phi) is 5.83. The van der Waals surface area contributed by atoms with Crippen molar-refractivity contribution in [3.8, 4) is 11.5 Å². The van der Waals surface area contributed by atoms with Crippen molar-refractivity contribution < 1.29 is 22.7 Å². The van der Waals surface area contributed by atoms with Crippen LogP contribution >= 0.6 is 27.5 Å². The minimum absolute atomic E-state index is 0.0735. The lowest BCUT2D eigenvalue weighted by Gasteiger charge is -2.23. The number of nitrogens with zero attached hydrogens (tertiary/aromatic N) is 1. The first-order valence-electron chi connectivity index (χ1n) is 7.95. The van der Waals surface area contributed by atoms with Crippen molar-refractivity contribution in [3.63, 3.8) is 0 Å². The van der Waals surface area contributed by atoms with Gasteiger partial charge < -0.3 is 14.8 Å². The van der Waals surface area contributed by atoms with Crippen LogP contribution in [0.15, 0.2) is 40.9 Å². The van der Waals surface area contributed by atoms with Gasteiger partial charge in [-0.1, -0.05) is 11.6 Å². The summed E-state index contributed by atoms with van der Waals surface area (Å²) in [5, 5.41) is 3.08. The van der Waals surface area contributed by atoms with Crippen LogP contribution in [-0.4, -0.2) is 33.4 Å². The monoisotopic (exact) mass is 474 g/mol. The molecule has 0 spiro atoms. The molecule has 1 aliphatic heterocycles. The smallest absolute Gasteiger partial charge is 0.245 e. The molecule has 3 rings (SSSR count). The molecule has 0 aromatic heterocycles. The number of halogens is 2. The van der Waals surface area contributed by atoms with Crippen LogP contribution in [0, 0.1) is 0 Å². The molecule has 0 atom stereocenters. The van der Waals surface area contributed by atoms with Gasteiger partial charge in [-0.15, -0.1) is 0 Å². The molecular formula is C17H16BrClN2O5S. The molecule has 0 saturated carbocycles. The van der Waals surface area contributed by atoms with Crippen LogP contribution in [0.5, 0.6) is 11.5 Å². The van der Waals surface area contributed by atoms with E-state index in [-0.39, 0.29) is 19.1 Å². The van der Waals surface area contributed by atoms with Crippen LogP contribution in [0.2, 0.25) is 5.02 Å². The third-order valence-electron chi connectivity index (χ3n) is 3.84. The first-order valence-corrected chi connectivity index (χ1v) is 10.7. The first kappa shape index (κ1) is 19.8. The number of hydrogen-bond donors (Lipinski definition) is 1. The Labute approximate surface area is 170 Å². The summed E-state index contributed by atoms with van der Waals surface area (Å²) in [4.78, 5) is 12.5. The summed E-state index contributed by atoms with van der Waals surface area (Å²) in [6.45, 7) is 1.20. The number of nitrogens with one attached hydrogen (secondary N) is 1. The predicted molar refractivity (Wildman–Crippen MR) is 107 cm³/mol. The van der Waals surface area contributed by atoms with Crippen molar-refractivity contribution in [1.29, 1.82) is 0 Å². The summed E-state index contributed by atoms with van der Waals surface area (Å²) >= 11 is 9.29. The molecule has 7 nitrogen and oxygen atoms in total. The maximum atomic E-state index is 12.5. The van der Waals surface area contributed by atoms with E-state index in [0.717, 1.165) is 4.31 Å². The predicted octanol–water partition coefficient (Wildman–Crippen LogP) is 3.63. The molecule has 1 heterocycles. The number of sulfonamides is 1. The fraction of sp³-hybridized carbons (Fsp3) is 0.235. The number of carbonyl (C=O) groups is 1. The van der Waals surface area contributed by atoms with Crippen LogP contribution in [0.25, 0.3) is 0 Å². The first-order chi connectivity index (χ1) is 12.8. The molecular weight excluding hydrogens is 460 g/mol. The van der Waals surface area contributed by atoms with Crippen molar-refractivity contribution in [2.24, 2.45) is 0 Å². The van der Waals surface area contributed by atoms with E-state index < -0.39 is 15.9 Å². The van der Waals surface area contributed by atoms with Gasteiger partial charge in [0.1, 0.15) is 6.54 Å². The summed E-state index contributed by atoms with van der Waals surface area (Å²) < 4.78 is 37.3. The number of ether oxygens (including phenoxy) is 2. The van der Waals surface area contributed by atoms with Gasteiger partial charge in [-0.2, -0.15) is 0 Å². The number of fused-ring (bicyclic) bond motifs is 1. The lowest BCUT2D eigenvalue weighted by atomic mass is 10.2. The standard InChI is InChI=1S/C17H16BrClN2O5S/c1-2-27(23,24)21(12-4-6-15-16(8-12)26-10-25-15)9-17(22)20-11-3-5-13(18)14(19)7-11/h3-8H,2,9-10H2,1H3,(H,20,22). The van der Waals surface area contributed by atoms with E-state index in [1.54, 1.807) is 36.4 Å². The van der Waals surface area contributed by atoms with Crippen LogP contribution in [0.4, 0.5) is 11.4 Å². The van der Waals surface area contributed by atoms with E-state index in [1.807, 2.05) is 0 Å². The molecule has 0 radical (unpaired) electrons. The average Bonchev–Trinajstić information content (AvgIpc) is 3.10. The maximum absolute atomic E-state index is 12.5. The zero-order valence-corrected chi connectivity index (χ0v) is 17.4. The van der Waals surface area contributed by atoms with Crippen molar-refractivity contribution in [2.45, 2.75) is 6.92 Å². The highest BCUT2D eigenvalue weighted by atomic mass is 79.9. The number of amides is 1. The van der Waals surface area contributed by atoms with Gasteiger partial charge in [0.2, 0.25) is 22.7 Å². The molecule has 1 amide bonds. The Hall–Kier alpha value is -1.97. The fourth-order valence-electron chi connectivity index (χ4n) is 2.45. The molecule has 0 saturated heterocycles. The molecule has 27 heavy (non-hydrogen) atoms. The summed E-state index contributed by atoms with van der Waals surface area (Å²) in [6, 6.07) is 9.65. The Morgan fingerprint density at radius 2 is 1.96 bits per heavy atom. The topological polar surface area (TPSA) is 84.9 Å². The van der Waals surface area contributed by atoms with Crippen molar-refractivity contribution in [1.82, 2.24) is 0 Å². The van der Waals surface area contributed by atoms with Crippen LogP contribution in [0.1, 0.15) is 6.92 Å². The third kappa shape index (κ3) is 4.48. The van der Waals surface area contributed by atoms with Gasteiger partial charge in [0, 0.05) is 16.2 Å². The molecule has 1 aliphatic rings. The summed E-state index contributed by atoms with van der Waals surface area (Å²) in [7, 11) is -3.69. The van der Waals surface area contributed by atoms with Crippen LogP contribution in [0.3, 0.4) is 0 Å². The van der Waals surface area contributed by atoms with Gasteiger partial charge in [-0.25, -0.2) is 8.42 Å². The third-order valence-corrected chi connectivity index (χ3v) is 6.81. The number of carbonyl (C=O) groups excluding carboxylic acids is 1. The van der Waals surface area contributed by atoms with Crippen LogP contribution < -0.4 is 19.1 Å². The van der Waals surface area contributed by atoms with Crippen molar-refractivity contribution in [3.05, 3.63) is 45.9 Å². The second kappa shape index (κ2) is 7.95. The van der Waals surface area contributed by atoms with Gasteiger partial charge in [-0.05, 0) is 53.2 Å². The number of hydrogen-bond acceptors (Lipinski definition) is 5. The summed E-state index contributed by atoms with van der Waals surface area (Å²) in [5.74, 6) is 0.312. The summed E-state index contributed by atoms with van der Waals surface area (Å²) in [6.07, 6.45) is 0. The molecule has 0 aliphatic carbocycles. The largest absolute Gasteiger partial charge is 0.454 e. The molecule has 144 valence electrons. The molecule has 0 bridgehead atoms. The van der Waals surface area contributed by atoms with Crippen LogP contribution in [-0.2, 0) is 14.8 Å².